The minimum absolute atomic E-state index is 0.0686. The van der Waals surface area contributed by atoms with Gasteiger partial charge >= 0.3 is 0 Å². The molecule has 0 radical (unpaired) electrons. The van der Waals surface area contributed by atoms with E-state index in [0.717, 1.165) is 11.5 Å². The van der Waals surface area contributed by atoms with Crippen molar-refractivity contribution in [2.45, 2.75) is 60.0 Å². The maximum Gasteiger partial charge on any atom is 0.227 e. The van der Waals surface area contributed by atoms with E-state index in [4.69, 9.17) is 4.42 Å². The summed E-state index contributed by atoms with van der Waals surface area (Å²) in [4.78, 5) is 19.1. The lowest BCUT2D eigenvalue weighted by Crippen LogP contribution is -2.49. The maximum absolute atomic E-state index is 12.9. The van der Waals surface area contributed by atoms with Crippen molar-refractivity contribution in [1.29, 1.82) is 0 Å². The Hall–Kier alpha value is -1.32. The van der Waals surface area contributed by atoms with E-state index in [1.807, 2.05) is 4.90 Å². The molecule has 0 aliphatic carbocycles. The van der Waals surface area contributed by atoms with Crippen LogP contribution < -0.4 is 0 Å². The highest BCUT2D eigenvalue weighted by molar-refractivity contribution is 5.81. The first kappa shape index (κ1) is 14.1. The molecule has 1 aromatic rings. The van der Waals surface area contributed by atoms with Gasteiger partial charge in [0.05, 0.1) is 12.5 Å². The molecule has 1 aromatic heterocycles. The van der Waals surface area contributed by atoms with Crippen molar-refractivity contribution in [2.75, 3.05) is 0 Å². The number of amides is 1. The smallest absolute Gasteiger partial charge is 0.227 e. The van der Waals surface area contributed by atoms with E-state index in [-0.39, 0.29) is 22.8 Å². The maximum atomic E-state index is 12.9. The molecular formula is C15H24N2O2. The summed E-state index contributed by atoms with van der Waals surface area (Å²) < 4.78 is 5.48. The lowest BCUT2D eigenvalue weighted by Gasteiger charge is -2.39. The predicted molar refractivity (Wildman–Crippen MR) is 73.5 cm³/mol. The van der Waals surface area contributed by atoms with Crippen molar-refractivity contribution in [3.63, 3.8) is 0 Å². The van der Waals surface area contributed by atoms with Crippen LogP contribution in [0.1, 0.15) is 53.0 Å². The van der Waals surface area contributed by atoms with Crippen LogP contribution in [0.2, 0.25) is 0 Å². The summed E-state index contributed by atoms with van der Waals surface area (Å²) >= 11 is 0. The second-order valence-electron chi connectivity index (χ2n) is 7.44. The second kappa shape index (κ2) is 4.36. The van der Waals surface area contributed by atoms with Crippen LogP contribution in [-0.4, -0.2) is 21.3 Å². The molecule has 1 unspecified atom stereocenters. The fourth-order valence-corrected chi connectivity index (χ4v) is 2.52. The minimum atomic E-state index is -0.207. The van der Waals surface area contributed by atoms with E-state index in [1.54, 1.807) is 0 Å². The number of carbonyl (C=O) groups excluding carboxylic acids is 1. The first-order valence-electron chi connectivity index (χ1n) is 6.83. The third kappa shape index (κ3) is 2.67. The third-order valence-corrected chi connectivity index (χ3v) is 3.84. The molecule has 106 valence electrons. The molecule has 0 saturated carbocycles. The number of hydrogen-bond donors (Lipinski definition) is 0. The standard InChI is InChI=1S/C15H24N2O2/c1-14(2,3)10-7-12-11(16-9-19-12)8-17(13(10)18)15(4,5)6/h9-10H,7-8H2,1-6H3. The van der Waals surface area contributed by atoms with Crippen LogP contribution in [0.25, 0.3) is 0 Å². The normalized spacial score (nSPS) is 21.3. The van der Waals surface area contributed by atoms with Gasteiger partial charge in [-0.1, -0.05) is 20.8 Å². The molecule has 0 N–H and O–H groups in total. The monoisotopic (exact) mass is 264 g/mol. The highest BCUT2D eigenvalue weighted by atomic mass is 16.3. The van der Waals surface area contributed by atoms with E-state index in [2.05, 4.69) is 46.5 Å². The average Bonchev–Trinajstić information content (AvgIpc) is 2.60. The van der Waals surface area contributed by atoms with Gasteiger partial charge in [0.25, 0.3) is 0 Å². The van der Waals surface area contributed by atoms with Gasteiger partial charge in [-0.15, -0.1) is 0 Å². The van der Waals surface area contributed by atoms with Crippen LogP contribution in [0.3, 0.4) is 0 Å². The van der Waals surface area contributed by atoms with Crippen LogP contribution in [0.15, 0.2) is 10.8 Å². The summed E-state index contributed by atoms with van der Waals surface area (Å²) in [5, 5.41) is 0. The van der Waals surface area contributed by atoms with Crippen molar-refractivity contribution in [3.05, 3.63) is 17.8 Å². The van der Waals surface area contributed by atoms with Gasteiger partial charge in [0.15, 0.2) is 6.39 Å². The van der Waals surface area contributed by atoms with E-state index in [1.165, 1.54) is 6.39 Å². The van der Waals surface area contributed by atoms with Gasteiger partial charge < -0.3 is 9.32 Å². The predicted octanol–water partition coefficient (Wildman–Crippen LogP) is 3.02. The number of fused-ring (bicyclic) bond motifs is 1. The van der Waals surface area contributed by atoms with Gasteiger partial charge in [-0.3, -0.25) is 4.79 Å². The molecule has 2 heterocycles. The highest BCUT2D eigenvalue weighted by Crippen LogP contribution is 2.36. The van der Waals surface area contributed by atoms with E-state index in [0.29, 0.717) is 13.0 Å². The molecule has 1 aliphatic rings. The van der Waals surface area contributed by atoms with E-state index in [9.17, 15) is 4.79 Å². The van der Waals surface area contributed by atoms with Gasteiger partial charge in [0.2, 0.25) is 5.91 Å². The molecule has 0 bridgehead atoms. The summed E-state index contributed by atoms with van der Waals surface area (Å²) in [6.45, 7) is 13.1. The largest absolute Gasteiger partial charge is 0.448 e. The van der Waals surface area contributed by atoms with Gasteiger partial charge in [0, 0.05) is 12.0 Å². The Kier molecular flexibility index (Phi) is 3.23. The molecule has 4 heteroatoms. The summed E-state index contributed by atoms with van der Waals surface area (Å²) in [6, 6.07) is 0. The molecule has 0 aromatic carbocycles. The van der Waals surface area contributed by atoms with Crippen LogP contribution >= 0.6 is 0 Å². The second-order valence-corrected chi connectivity index (χ2v) is 7.44. The molecule has 0 saturated heterocycles. The number of oxazole rings is 1. The molecule has 2 rings (SSSR count). The molecule has 4 nitrogen and oxygen atoms in total. The fourth-order valence-electron chi connectivity index (χ4n) is 2.52. The van der Waals surface area contributed by atoms with Crippen molar-refractivity contribution in [1.82, 2.24) is 9.88 Å². The first-order chi connectivity index (χ1) is 8.60. The fraction of sp³-hybridized carbons (Fsp3) is 0.733. The van der Waals surface area contributed by atoms with E-state index < -0.39 is 0 Å². The molecule has 1 atom stereocenters. The molecule has 0 fully saturated rings. The lowest BCUT2D eigenvalue weighted by molar-refractivity contribution is -0.144. The Morgan fingerprint density at radius 2 is 1.89 bits per heavy atom. The molecular weight excluding hydrogens is 240 g/mol. The van der Waals surface area contributed by atoms with Crippen LogP contribution in [0, 0.1) is 11.3 Å². The first-order valence-corrected chi connectivity index (χ1v) is 6.83. The van der Waals surface area contributed by atoms with Gasteiger partial charge in [0.1, 0.15) is 11.5 Å². The zero-order valence-corrected chi connectivity index (χ0v) is 12.8. The summed E-state index contributed by atoms with van der Waals surface area (Å²) in [5.74, 6) is 0.995. The lowest BCUT2D eigenvalue weighted by atomic mass is 9.77. The zero-order valence-electron chi connectivity index (χ0n) is 12.8. The molecule has 0 spiro atoms. The molecule has 1 aliphatic heterocycles. The SMILES string of the molecule is CC(C)(C)C1Cc2ocnc2CN(C(C)(C)C)C1=O. The Morgan fingerprint density at radius 1 is 1.26 bits per heavy atom. The van der Waals surface area contributed by atoms with Crippen LogP contribution in [0.5, 0.6) is 0 Å². The average molecular weight is 264 g/mol. The topological polar surface area (TPSA) is 46.3 Å². The molecule has 19 heavy (non-hydrogen) atoms. The number of nitrogens with zero attached hydrogens (tertiary/aromatic N) is 2. The van der Waals surface area contributed by atoms with Gasteiger partial charge in [-0.05, 0) is 26.2 Å². The van der Waals surface area contributed by atoms with Crippen molar-refractivity contribution in [3.8, 4) is 0 Å². The van der Waals surface area contributed by atoms with Crippen molar-refractivity contribution < 1.29 is 9.21 Å². The summed E-state index contributed by atoms with van der Waals surface area (Å²) in [5.41, 5.74) is 0.603. The quantitative estimate of drug-likeness (QED) is 0.723. The van der Waals surface area contributed by atoms with E-state index >= 15 is 0 Å². The van der Waals surface area contributed by atoms with Crippen molar-refractivity contribution in [2.24, 2.45) is 11.3 Å². The number of hydrogen-bond acceptors (Lipinski definition) is 3. The Bertz CT molecular complexity index is 437. The Balaban J connectivity index is 2.46. The van der Waals surface area contributed by atoms with Gasteiger partial charge in [-0.2, -0.15) is 0 Å². The van der Waals surface area contributed by atoms with Gasteiger partial charge in [-0.25, -0.2) is 4.98 Å². The number of rotatable bonds is 0. The number of aromatic nitrogens is 1. The Morgan fingerprint density at radius 3 is 2.42 bits per heavy atom. The Labute approximate surface area is 115 Å². The van der Waals surface area contributed by atoms with Crippen LogP contribution in [0.4, 0.5) is 0 Å². The molecule has 1 amide bonds. The zero-order chi connectivity index (χ0) is 14.4. The summed E-state index contributed by atoms with van der Waals surface area (Å²) in [7, 11) is 0. The minimum Gasteiger partial charge on any atom is -0.448 e. The van der Waals surface area contributed by atoms with Crippen LogP contribution in [-0.2, 0) is 17.8 Å². The summed E-state index contributed by atoms with van der Waals surface area (Å²) in [6.07, 6.45) is 2.13. The van der Waals surface area contributed by atoms with Crippen molar-refractivity contribution >= 4 is 5.91 Å². The highest BCUT2D eigenvalue weighted by Gasteiger charge is 2.41. The third-order valence-electron chi connectivity index (χ3n) is 3.84. The number of carbonyl (C=O) groups is 1.